The first kappa shape index (κ1) is 14.4. The van der Waals surface area contributed by atoms with Crippen LogP contribution in [-0.4, -0.2) is 21.0 Å². The van der Waals surface area contributed by atoms with Crippen LogP contribution in [0.1, 0.15) is 21.6 Å². The largest absolute Gasteiger partial charge is 0.489 e. The third-order valence-corrected chi connectivity index (χ3v) is 2.85. The van der Waals surface area contributed by atoms with E-state index in [0.29, 0.717) is 16.9 Å². The first-order valence-corrected chi connectivity index (χ1v) is 6.04. The predicted octanol–water partition coefficient (Wildman–Crippen LogP) is 2.58. The fourth-order valence-corrected chi connectivity index (χ4v) is 1.81. The number of carboxylic acid groups (broad SMARTS) is 1. The van der Waals surface area contributed by atoms with Crippen molar-refractivity contribution in [3.8, 4) is 5.75 Å². The number of nitrogens with zero attached hydrogens (tertiary/aromatic N) is 2. The number of hydrogen-bond acceptors (Lipinski definition) is 5. The molecule has 7 heteroatoms. The minimum absolute atomic E-state index is 0.0209. The van der Waals surface area contributed by atoms with E-state index < -0.39 is 10.9 Å². The van der Waals surface area contributed by atoms with Gasteiger partial charge < -0.3 is 9.84 Å². The van der Waals surface area contributed by atoms with E-state index in [1.807, 2.05) is 0 Å². The summed E-state index contributed by atoms with van der Waals surface area (Å²) in [6, 6.07) is 7.45. The van der Waals surface area contributed by atoms with Crippen LogP contribution in [0, 0.1) is 17.0 Å². The van der Waals surface area contributed by atoms with Crippen molar-refractivity contribution < 1.29 is 19.6 Å². The molecule has 0 spiro atoms. The molecule has 0 atom stereocenters. The molecule has 0 amide bonds. The van der Waals surface area contributed by atoms with Crippen LogP contribution < -0.4 is 4.74 Å². The topological polar surface area (TPSA) is 103 Å². The molecule has 0 unspecified atom stereocenters. The Morgan fingerprint density at radius 3 is 2.81 bits per heavy atom. The zero-order valence-corrected chi connectivity index (χ0v) is 11.1. The Kier molecular flexibility index (Phi) is 4.13. The second kappa shape index (κ2) is 6.00. The van der Waals surface area contributed by atoms with Gasteiger partial charge in [-0.15, -0.1) is 0 Å². The number of aromatic nitrogens is 1. The quantitative estimate of drug-likeness (QED) is 0.670. The van der Waals surface area contributed by atoms with Gasteiger partial charge in [-0.2, -0.15) is 0 Å². The van der Waals surface area contributed by atoms with E-state index in [2.05, 4.69) is 4.98 Å². The highest BCUT2D eigenvalue weighted by molar-refractivity contribution is 5.86. The third kappa shape index (κ3) is 3.33. The molecule has 1 aromatic heterocycles. The summed E-state index contributed by atoms with van der Waals surface area (Å²) < 4.78 is 5.52. The smallest absolute Gasteiger partial charge is 0.354 e. The van der Waals surface area contributed by atoms with Gasteiger partial charge in [0.2, 0.25) is 0 Å². The van der Waals surface area contributed by atoms with Crippen molar-refractivity contribution in [1.82, 2.24) is 4.98 Å². The first-order valence-electron chi connectivity index (χ1n) is 6.04. The van der Waals surface area contributed by atoms with Crippen molar-refractivity contribution in [2.75, 3.05) is 0 Å². The maximum Gasteiger partial charge on any atom is 0.354 e. The molecule has 0 aliphatic heterocycles. The fraction of sp³-hybridized carbons (Fsp3) is 0.143. The molecule has 0 fully saturated rings. The summed E-state index contributed by atoms with van der Waals surface area (Å²) in [6.07, 6.45) is 1.39. The Bertz CT molecular complexity index is 700. The number of carbonyl (C=O) groups is 1. The molecule has 1 heterocycles. The zero-order valence-electron chi connectivity index (χ0n) is 11.1. The molecule has 108 valence electrons. The molecular formula is C14H12N2O5. The number of carboxylic acids is 1. The van der Waals surface area contributed by atoms with Crippen LogP contribution in [0.4, 0.5) is 5.69 Å². The number of ether oxygens (including phenoxy) is 1. The van der Waals surface area contributed by atoms with Crippen LogP contribution in [0.5, 0.6) is 5.75 Å². The molecule has 21 heavy (non-hydrogen) atoms. The van der Waals surface area contributed by atoms with E-state index in [9.17, 15) is 14.9 Å². The van der Waals surface area contributed by atoms with Gasteiger partial charge in [0.05, 0.1) is 4.92 Å². The summed E-state index contributed by atoms with van der Waals surface area (Å²) in [5.41, 5.74) is 0.942. The van der Waals surface area contributed by atoms with Crippen LogP contribution in [0.3, 0.4) is 0 Å². The molecule has 0 aliphatic rings. The molecule has 2 aromatic rings. The summed E-state index contributed by atoms with van der Waals surface area (Å²) in [4.78, 5) is 25.0. The van der Waals surface area contributed by atoms with E-state index in [1.54, 1.807) is 19.1 Å². The Labute approximate surface area is 120 Å². The second-order valence-electron chi connectivity index (χ2n) is 4.31. The van der Waals surface area contributed by atoms with Crippen LogP contribution in [0.2, 0.25) is 0 Å². The lowest BCUT2D eigenvalue weighted by Crippen LogP contribution is -2.08. The van der Waals surface area contributed by atoms with Crippen LogP contribution in [0.15, 0.2) is 36.5 Å². The van der Waals surface area contributed by atoms with Gasteiger partial charge in [0.15, 0.2) is 5.69 Å². The van der Waals surface area contributed by atoms with Crippen molar-refractivity contribution in [2.24, 2.45) is 0 Å². The third-order valence-electron chi connectivity index (χ3n) is 2.85. The molecular weight excluding hydrogens is 276 g/mol. The molecule has 0 saturated heterocycles. The highest BCUT2D eigenvalue weighted by atomic mass is 16.6. The molecule has 0 radical (unpaired) electrons. The number of aryl methyl sites for hydroxylation is 1. The minimum atomic E-state index is -1.13. The zero-order chi connectivity index (χ0) is 15.4. The Balaban J connectivity index is 2.17. The number of non-ortho nitro benzene ring substituents is 1. The predicted molar refractivity (Wildman–Crippen MR) is 73.4 cm³/mol. The summed E-state index contributed by atoms with van der Waals surface area (Å²) in [7, 11) is 0. The lowest BCUT2D eigenvalue weighted by Gasteiger charge is -2.10. The number of aromatic carboxylic acids is 1. The lowest BCUT2D eigenvalue weighted by molar-refractivity contribution is -0.384. The Hall–Kier alpha value is -2.96. The average molecular weight is 288 g/mol. The van der Waals surface area contributed by atoms with E-state index in [-0.39, 0.29) is 18.0 Å². The average Bonchev–Trinajstić information content (AvgIpc) is 2.46. The van der Waals surface area contributed by atoms with Crippen molar-refractivity contribution in [3.63, 3.8) is 0 Å². The fourth-order valence-electron chi connectivity index (χ4n) is 1.81. The van der Waals surface area contributed by atoms with E-state index in [1.165, 1.54) is 24.4 Å². The normalized spacial score (nSPS) is 10.1. The SMILES string of the molecule is Cc1cc([N+](=O)[O-])ccc1OCc1cccnc1C(=O)O. The van der Waals surface area contributed by atoms with Crippen LogP contribution in [-0.2, 0) is 6.61 Å². The maximum atomic E-state index is 11.0. The van der Waals surface area contributed by atoms with Crippen molar-refractivity contribution in [2.45, 2.75) is 13.5 Å². The molecule has 0 aliphatic carbocycles. The van der Waals surface area contributed by atoms with Gasteiger partial charge in [-0.1, -0.05) is 6.07 Å². The van der Waals surface area contributed by atoms with Gasteiger partial charge in [0.1, 0.15) is 12.4 Å². The van der Waals surface area contributed by atoms with E-state index in [4.69, 9.17) is 9.84 Å². The number of nitro benzene ring substituents is 1. The summed E-state index contributed by atoms with van der Waals surface area (Å²) >= 11 is 0. The Morgan fingerprint density at radius 1 is 1.43 bits per heavy atom. The van der Waals surface area contributed by atoms with Crippen molar-refractivity contribution >= 4 is 11.7 Å². The highest BCUT2D eigenvalue weighted by Gasteiger charge is 2.13. The first-order chi connectivity index (χ1) is 9.99. The van der Waals surface area contributed by atoms with Crippen molar-refractivity contribution in [1.29, 1.82) is 0 Å². The standard InChI is InChI=1S/C14H12N2O5/c1-9-7-11(16(19)20)4-5-12(9)21-8-10-3-2-6-15-13(10)14(17)18/h2-7H,8H2,1H3,(H,17,18). The molecule has 0 saturated carbocycles. The van der Waals surface area contributed by atoms with Crippen LogP contribution in [0.25, 0.3) is 0 Å². The van der Waals surface area contributed by atoms with Gasteiger partial charge in [0.25, 0.3) is 5.69 Å². The van der Waals surface area contributed by atoms with Gasteiger partial charge in [-0.05, 0) is 24.6 Å². The van der Waals surface area contributed by atoms with Gasteiger partial charge >= 0.3 is 5.97 Å². The number of benzene rings is 1. The molecule has 2 rings (SSSR count). The van der Waals surface area contributed by atoms with Crippen molar-refractivity contribution in [3.05, 3.63) is 63.5 Å². The monoisotopic (exact) mass is 288 g/mol. The number of hydrogen-bond donors (Lipinski definition) is 1. The van der Waals surface area contributed by atoms with Gasteiger partial charge in [-0.3, -0.25) is 10.1 Å². The Morgan fingerprint density at radius 2 is 2.19 bits per heavy atom. The summed E-state index contributed by atoms with van der Waals surface area (Å²) in [6.45, 7) is 1.71. The number of pyridine rings is 1. The summed E-state index contributed by atoms with van der Waals surface area (Å²) in [5.74, 6) is -0.671. The van der Waals surface area contributed by atoms with E-state index >= 15 is 0 Å². The molecule has 0 bridgehead atoms. The number of rotatable bonds is 5. The second-order valence-corrected chi connectivity index (χ2v) is 4.31. The van der Waals surface area contributed by atoms with Gasteiger partial charge in [-0.25, -0.2) is 9.78 Å². The highest BCUT2D eigenvalue weighted by Crippen LogP contribution is 2.24. The molecule has 7 nitrogen and oxygen atoms in total. The van der Waals surface area contributed by atoms with E-state index in [0.717, 1.165) is 0 Å². The molecule has 1 aromatic carbocycles. The molecule has 1 N–H and O–H groups in total. The van der Waals surface area contributed by atoms with Crippen LogP contribution >= 0.6 is 0 Å². The minimum Gasteiger partial charge on any atom is -0.489 e. The van der Waals surface area contributed by atoms with Gasteiger partial charge in [0, 0.05) is 23.9 Å². The summed E-state index contributed by atoms with van der Waals surface area (Å²) in [5, 5.41) is 19.7. The lowest BCUT2D eigenvalue weighted by atomic mass is 10.2. The number of nitro groups is 1. The maximum absolute atomic E-state index is 11.0.